The third-order valence-corrected chi connectivity index (χ3v) is 3.46. The Kier molecular flexibility index (Phi) is 6.45. The molecule has 0 aliphatic heterocycles. The Labute approximate surface area is 131 Å². The Balaban J connectivity index is 1.85. The molecule has 0 saturated carbocycles. The van der Waals surface area contributed by atoms with Gasteiger partial charge in [-0.15, -0.1) is 0 Å². The highest BCUT2D eigenvalue weighted by molar-refractivity contribution is 5.74. The molecule has 2 rings (SSSR count). The summed E-state index contributed by atoms with van der Waals surface area (Å²) >= 11 is 0. The molecule has 0 unspecified atom stereocenters. The van der Waals surface area contributed by atoms with Crippen LogP contribution in [0.1, 0.15) is 11.1 Å². The summed E-state index contributed by atoms with van der Waals surface area (Å²) in [6.45, 7) is 1.39. The van der Waals surface area contributed by atoms with E-state index in [4.69, 9.17) is 5.11 Å². The molecular weight excluding hydrogens is 276 g/mol. The third-order valence-electron chi connectivity index (χ3n) is 3.46. The van der Waals surface area contributed by atoms with E-state index in [0.29, 0.717) is 19.6 Å². The molecular formula is C18H22N2O2. The molecule has 0 fully saturated rings. The number of nitrogens with one attached hydrogen (secondary N) is 1. The van der Waals surface area contributed by atoms with E-state index in [1.54, 1.807) is 4.90 Å². The normalized spacial score (nSPS) is 10.2. The predicted octanol–water partition coefficient (Wildman–Crippen LogP) is 2.43. The number of amides is 2. The van der Waals surface area contributed by atoms with E-state index < -0.39 is 0 Å². The predicted molar refractivity (Wildman–Crippen MR) is 87.5 cm³/mol. The fourth-order valence-corrected chi connectivity index (χ4v) is 2.23. The SMILES string of the molecule is O=C(NCc1ccccc1)N(CCO)CCc1ccccc1. The van der Waals surface area contributed by atoms with Gasteiger partial charge >= 0.3 is 6.03 Å². The van der Waals surface area contributed by atoms with Crippen LogP contribution in [0.25, 0.3) is 0 Å². The van der Waals surface area contributed by atoms with Gasteiger partial charge in [-0.25, -0.2) is 4.79 Å². The highest BCUT2D eigenvalue weighted by Crippen LogP contribution is 2.03. The number of nitrogens with zero attached hydrogens (tertiary/aromatic N) is 1. The highest BCUT2D eigenvalue weighted by atomic mass is 16.3. The molecule has 2 aromatic rings. The van der Waals surface area contributed by atoms with Gasteiger partial charge in [-0.05, 0) is 17.5 Å². The minimum Gasteiger partial charge on any atom is -0.395 e. The van der Waals surface area contributed by atoms with Crippen molar-refractivity contribution < 1.29 is 9.90 Å². The van der Waals surface area contributed by atoms with E-state index in [2.05, 4.69) is 5.32 Å². The first-order valence-electron chi connectivity index (χ1n) is 7.51. The monoisotopic (exact) mass is 298 g/mol. The zero-order valence-corrected chi connectivity index (χ0v) is 12.6. The average Bonchev–Trinajstić information content (AvgIpc) is 2.58. The van der Waals surface area contributed by atoms with Gasteiger partial charge in [-0.1, -0.05) is 60.7 Å². The largest absolute Gasteiger partial charge is 0.395 e. The number of hydrogen-bond donors (Lipinski definition) is 2. The molecule has 2 amide bonds. The Morgan fingerprint density at radius 2 is 1.50 bits per heavy atom. The Hall–Kier alpha value is -2.33. The van der Waals surface area contributed by atoms with Crippen LogP contribution < -0.4 is 5.32 Å². The fraction of sp³-hybridized carbons (Fsp3) is 0.278. The Bertz CT molecular complexity index is 558. The van der Waals surface area contributed by atoms with Gasteiger partial charge in [0.2, 0.25) is 0 Å². The first kappa shape index (κ1) is 16.0. The maximum Gasteiger partial charge on any atom is 0.317 e. The van der Waals surface area contributed by atoms with Gasteiger partial charge < -0.3 is 15.3 Å². The van der Waals surface area contributed by atoms with Crippen LogP contribution >= 0.6 is 0 Å². The van der Waals surface area contributed by atoms with E-state index in [0.717, 1.165) is 12.0 Å². The molecule has 0 aliphatic rings. The van der Waals surface area contributed by atoms with E-state index in [9.17, 15) is 4.79 Å². The van der Waals surface area contributed by atoms with Crippen LogP contribution in [0, 0.1) is 0 Å². The zero-order chi connectivity index (χ0) is 15.6. The number of carbonyl (C=O) groups excluding carboxylic acids is 1. The first-order chi connectivity index (χ1) is 10.8. The second kappa shape index (κ2) is 8.85. The van der Waals surface area contributed by atoms with Crippen molar-refractivity contribution >= 4 is 6.03 Å². The molecule has 0 atom stereocenters. The van der Waals surface area contributed by atoms with Crippen LogP contribution in [0.15, 0.2) is 60.7 Å². The summed E-state index contributed by atoms with van der Waals surface area (Å²) in [4.78, 5) is 13.9. The van der Waals surface area contributed by atoms with Gasteiger partial charge in [0.1, 0.15) is 0 Å². The van der Waals surface area contributed by atoms with Crippen LogP contribution in [0.3, 0.4) is 0 Å². The summed E-state index contributed by atoms with van der Waals surface area (Å²) in [5.74, 6) is 0. The van der Waals surface area contributed by atoms with Crippen molar-refractivity contribution in [2.45, 2.75) is 13.0 Å². The summed E-state index contributed by atoms with van der Waals surface area (Å²) in [5.41, 5.74) is 2.24. The number of rotatable bonds is 7. The Morgan fingerprint density at radius 1 is 0.909 bits per heavy atom. The number of carbonyl (C=O) groups is 1. The quantitative estimate of drug-likeness (QED) is 0.825. The van der Waals surface area contributed by atoms with Crippen molar-refractivity contribution in [1.82, 2.24) is 10.2 Å². The number of urea groups is 1. The van der Waals surface area contributed by atoms with Gasteiger partial charge in [0.05, 0.1) is 6.61 Å². The van der Waals surface area contributed by atoms with Crippen LogP contribution in [0.5, 0.6) is 0 Å². The lowest BCUT2D eigenvalue weighted by molar-refractivity contribution is 0.177. The Morgan fingerprint density at radius 3 is 2.09 bits per heavy atom. The molecule has 0 radical (unpaired) electrons. The summed E-state index contributed by atoms with van der Waals surface area (Å²) in [7, 11) is 0. The van der Waals surface area contributed by atoms with Gasteiger partial charge in [0.25, 0.3) is 0 Å². The second-order valence-electron chi connectivity index (χ2n) is 5.09. The van der Waals surface area contributed by atoms with Crippen molar-refractivity contribution in [1.29, 1.82) is 0 Å². The number of aliphatic hydroxyl groups excluding tert-OH is 1. The molecule has 0 spiro atoms. The van der Waals surface area contributed by atoms with Crippen molar-refractivity contribution in [3.63, 3.8) is 0 Å². The van der Waals surface area contributed by atoms with Crippen LogP contribution in [0.4, 0.5) is 4.79 Å². The number of benzene rings is 2. The zero-order valence-electron chi connectivity index (χ0n) is 12.6. The molecule has 0 bridgehead atoms. The summed E-state index contributed by atoms with van der Waals surface area (Å²) < 4.78 is 0. The number of aliphatic hydroxyl groups is 1. The third kappa shape index (κ3) is 5.22. The van der Waals surface area contributed by atoms with Gasteiger partial charge in [-0.2, -0.15) is 0 Å². The van der Waals surface area contributed by atoms with E-state index >= 15 is 0 Å². The lowest BCUT2D eigenvalue weighted by Gasteiger charge is -2.22. The maximum atomic E-state index is 12.2. The van der Waals surface area contributed by atoms with E-state index in [1.807, 2.05) is 60.7 Å². The summed E-state index contributed by atoms with van der Waals surface area (Å²) in [6, 6.07) is 19.7. The maximum absolute atomic E-state index is 12.2. The van der Waals surface area contributed by atoms with Gasteiger partial charge in [-0.3, -0.25) is 0 Å². The van der Waals surface area contributed by atoms with Crippen molar-refractivity contribution in [3.8, 4) is 0 Å². The molecule has 4 heteroatoms. The van der Waals surface area contributed by atoms with Crippen LogP contribution in [-0.4, -0.2) is 35.7 Å². The minimum absolute atomic E-state index is 0.0342. The summed E-state index contributed by atoms with van der Waals surface area (Å²) in [5, 5.41) is 12.0. The molecule has 4 nitrogen and oxygen atoms in total. The van der Waals surface area contributed by atoms with Crippen LogP contribution in [0.2, 0.25) is 0 Å². The molecule has 0 saturated heterocycles. The number of hydrogen-bond acceptors (Lipinski definition) is 2. The van der Waals surface area contributed by atoms with Crippen molar-refractivity contribution in [2.75, 3.05) is 19.7 Å². The molecule has 2 N–H and O–H groups in total. The van der Waals surface area contributed by atoms with E-state index in [-0.39, 0.29) is 12.6 Å². The topological polar surface area (TPSA) is 52.6 Å². The lowest BCUT2D eigenvalue weighted by atomic mass is 10.1. The standard InChI is InChI=1S/C18H22N2O2/c21-14-13-20(12-11-16-7-3-1-4-8-16)18(22)19-15-17-9-5-2-6-10-17/h1-10,21H,11-15H2,(H,19,22). The second-order valence-corrected chi connectivity index (χ2v) is 5.09. The molecule has 22 heavy (non-hydrogen) atoms. The summed E-state index contributed by atoms with van der Waals surface area (Å²) in [6.07, 6.45) is 0.777. The minimum atomic E-state index is -0.145. The van der Waals surface area contributed by atoms with Crippen LogP contribution in [-0.2, 0) is 13.0 Å². The molecule has 116 valence electrons. The smallest absolute Gasteiger partial charge is 0.317 e. The molecule has 0 aromatic heterocycles. The molecule has 2 aromatic carbocycles. The first-order valence-corrected chi connectivity index (χ1v) is 7.51. The van der Waals surface area contributed by atoms with Crippen molar-refractivity contribution in [2.24, 2.45) is 0 Å². The van der Waals surface area contributed by atoms with Gasteiger partial charge in [0.15, 0.2) is 0 Å². The fourth-order valence-electron chi connectivity index (χ4n) is 2.23. The van der Waals surface area contributed by atoms with Crippen molar-refractivity contribution in [3.05, 3.63) is 71.8 Å². The average molecular weight is 298 g/mol. The van der Waals surface area contributed by atoms with E-state index in [1.165, 1.54) is 5.56 Å². The van der Waals surface area contributed by atoms with Gasteiger partial charge in [0, 0.05) is 19.6 Å². The molecule has 0 aliphatic carbocycles. The molecule has 0 heterocycles. The highest BCUT2D eigenvalue weighted by Gasteiger charge is 2.12. The lowest BCUT2D eigenvalue weighted by Crippen LogP contribution is -2.42.